The Balaban J connectivity index is 2.65. The molecule has 0 atom stereocenters. The van der Waals surface area contributed by atoms with Crippen LogP contribution in [-0.2, 0) is 6.42 Å². The zero-order valence-corrected chi connectivity index (χ0v) is 5.64. The van der Waals surface area contributed by atoms with Crippen molar-refractivity contribution in [3.05, 3.63) is 11.7 Å². The van der Waals surface area contributed by atoms with Crippen molar-refractivity contribution >= 4 is 0 Å². The largest absolute Gasteiger partial charge is 0.397 e. The Kier molecular flexibility index (Phi) is 1.84. The van der Waals surface area contributed by atoms with Gasteiger partial charge in [0, 0.05) is 0 Å². The third-order valence-corrected chi connectivity index (χ3v) is 0.921. The van der Waals surface area contributed by atoms with E-state index in [4.69, 9.17) is 0 Å². The molecule has 62 valence electrons. The Bertz CT molecular complexity index is 242. The van der Waals surface area contributed by atoms with Crippen molar-refractivity contribution in [2.75, 3.05) is 0 Å². The molecule has 0 bridgehead atoms. The molecular weight excluding hydrogens is 161 g/mol. The van der Waals surface area contributed by atoms with Gasteiger partial charge in [0.2, 0.25) is 5.89 Å². The lowest BCUT2D eigenvalue weighted by Crippen LogP contribution is -2.11. The van der Waals surface area contributed by atoms with Gasteiger partial charge in [-0.3, -0.25) is 0 Å². The predicted molar refractivity (Wildman–Crippen MR) is 28.8 cm³/mol. The second-order valence-corrected chi connectivity index (χ2v) is 2.03. The molecule has 0 aromatic carbocycles. The standard InChI is InChI=1S/C5H5F3N2O/c1-3-9-4(11-10-3)2-5(6,7)8/h2H2,1H3. The SMILES string of the molecule is Cc1noc(CC(F)(F)F)n1. The molecule has 1 rings (SSSR count). The van der Waals surface area contributed by atoms with Crippen molar-refractivity contribution in [2.24, 2.45) is 0 Å². The number of rotatable bonds is 1. The normalized spacial score (nSPS) is 12.0. The van der Waals surface area contributed by atoms with Gasteiger partial charge in [-0.15, -0.1) is 0 Å². The van der Waals surface area contributed by atoms with Crippen LogP contribution in [0.1, 0.15) is 11.7 Å². The van der Waals surface area contributed by atoms with Crippen LogP contribution in [0, 0.1) is 6.92 Å². The molecule has 6 heteroatoms. The summed E-state index contributed by atoms with van der Waals surface area (Å²) in [6.45, 7) is 1.46. The second-order valence-electron chi connectivity index (χ2n) is 2.03. The van der Waals surface area contributed by atoms with Gasteiger partial charge in [0.15, 0.2) is 5.82 Å². The molecular formula is C5H5F3N2O. The van der Waals surface area contributed by atoms with Gasteiger partial charge in [-0.05, 0) is 6.92 Å². The lowest BCUT2D eigenvalue weighted by molar-refractivity contribution is -0.131. The first-order chi connectivity index (χ1) is 4.97. The molecule has 0 radical (unpaired) electrons. The molecule has 0 spiro atoms. The summed E-state index contributed by atoms with van der Waals surface area (Å²) < 4.78 is 39.1. The first-order valence-corrected chi connectivity index (χ1v) is 2.83. The van der Waals surface area contributed by atoms with E-state index in [0.29, 0.717) is 0 Å². The molecule has 0 N–H and O–H groups in total. The Labute approximate surface area is 60.2 Å². The van der Waals surface area contributed by atoms with E-state index in [1.807, 2.05) is 0 Å². The van der Waals surface area contributed by atoms with Crippen molar-refractivity contribution in [3.63, 3.8) is 0 Å². The van der Waals surface area contributed by atoms with Crippen LogP contribution < -0.4 is 0 Å². The van der Waals surface area contributed by atoms with Gasteiger partial charge in [0.1, 0.15) is 6.42 Å². The topological polar surface area (TPSA) is 38.9 Å². The molecule has 0 amide bonds. The van der Waals surface area contributed by atoms with Crippen molar-refractivity contribution in [1.29, 1.82) is 0 Å². The second kappa shape index (κ2) is 2.52. The number of halogens is 3. The lowest BCUT2D eigenvalue weighted by Gasteiger charge is -1.99. The van der Waals surface area contributed by atoms with Gasteiger partial charge in [-0.25, -0.2) is 0 Å². The summed E-state index contributed by atoms with van der Waals surface area (Å²) in [4.78, 5) is 3.40. The number of hydrogen-bond acceptors (Lipinski definition) is 3. The van der Waals surface area contributed by atoms with Gasteiger partial charge in [-0.2, -0.15) is 18.2 Å². The van der Waals surface area contributed by atoms with Crippen LogP contribution in [0.2, 0.25) is 0 Å². The van der Waals surface area contributed by atoms with E-state index in [-0.39, 0.29) is 5.82 Å². The smallest absolute Gasteiger partial charge is 0.339 e. The van der Waals surface area contributed by atoms with E-state index in [1.165, 1.54) is 6.92 Å². The average molecular weight is 166 g/mol. The highest BCUT2D eigenvalue weighted by Gasteiger charge is 2.30. The summed E-state index contributed by atoms with van der Waals surface area (Å²) in [7, 11) is 0. The summed E-state index contributed by atoms with van der Waals surface area (Å²) in [5.41, 5.74) is 0. The number of aromatic nitrogens is 2. The van der Waals surface area contributed by atoms with E-state index < -0.39 is 18.5 Å². The van der Waals surface area contributed by atoms with E-state index in [9.17, 15) is 13.2 Å². The quantitative estimate of drug-likeness (QED) is 0.634. The Hall–Kier alpha value is -1.07. The molecule has 0 unspecified atom stereocenters. The summed E-state index contributed by atoms with van der Waals surface area (Å²) in [5, 5.41) is 3.21. The van der Waals surface area contributed by atoms with Gasteiger partial charge in [-0.1, -0.05) is 5.16 Å². The van der Waals surface area contributed by atoms with Crippen LogP contribution in [-0.4, -0.2) is 16.3 Å². The molecule has 1 heterocycles. The zero-order valence-electron chi connectivity index (χ0n) is 5.64. The molecule has 1 aromatic rings. The van der Waals surface area contributed by atoms with Crippen molar-refractivity contribution in [2.45, 2.75) is 19.5 Å². The molecule has 11 heavy (non-hydrogen) atoms. The van der Waals surface area contributed by atoms with Crippen molar-refractivity contribution < 1.29 is 17.7 Å². The zero-order chi connectivity index (χ0) is 8.48. The minimum atomic E-state index is -4.28. The van der Waals surface area contributed by atoms with Crippen LogP contribution in [0.4, 0.5) is 13.2 Å². The maximum atomic E-state index is 11.6. The Morgan fingerprint density at radius 3 is 2.45 bits per heavy atom. The molecule has 0 aliphatic carbocycles. The minimum Gasteiger partial charge on any atom is -0.339 e. The average Bonchev–Trinajstić information content (AvgIpc) is 2.10. The summed E-state index contributed by atoms with van der Waals surface area (Å²) >= 11 is 0. The first kappa shape index (κ1) is 8.03. The molecule has 0 saturated heterocycles. The van der Waals surface area contributed by atoms with E-state index >= 15 is 0 Å². The third-order valence-electron chi connectivity index (χ3n) is 0.921. The van der Waals surface area contributed by atoms with E-state index in [0.717, 1.165) is 0 Å². The Morgan fingerprint density at radius 2 is 2.09 bits per heavy atom. The Morgan fingerprint density at radius 1 is 1.45 bits per heavy atom. The summed E-state index contributed by atoms with van der Waals surface area (Å²) in [6.07, 6.45) is -5.44. The van der Waals surface area contributed by atoms with Gasteiger partial charge in [0.05, 0.1) is 0 Å². The molecule has 1 aromatic heterocycles. The lowest BCUT2D eigenvalue weighted by atomic mass is 10.4. The number of hydrogen-bond donors (Lipinski definition) is 0. The van der Waals surface area contributed by atoms with Crippen molar-refractivity contribution in [1.82, 2.24) is 10.1 Å². The van der Waals surface area contributed by atoms with Crippen LogP contribution in [0.3, 0.4) is 0 Å². The third kappa shape index (κ3) is 2.57. The number of nitrogens with zero attached hydrogens (tertiary/aromatic N) is 2. The van der Waals surface area contributed by atoms with Crippen LogP contribution >= 0.6 is 0 Å². The van der Waals surface area contributed by atoms with Crippen LogP contribution in [0.5, 0.6) is 0 Å². The highest BCUT2D eigenvalue weighted by atomic mass is 19.4. The van der Waals surface area contributed by atoms with Crippen molar-refractivity contribution in [3.8, 4) is 0 Å². The van der Waals surface area contributed by atoms with Gasteiger partial charge < -0.3 is 4.52 Å². The molecule has 3 nitrogen and oxygen atoms in total. The van der Waals surface area contributed by atoms with E-state index in [2.05, 4.69) is 14.7 Å². The van der Waals surface area contributed by atoms with Crippen LogP contribution in [0.25, 0.3) is 0 Å². The minimum absolute atomic E-state index is 0.212. The van der Waals surface area contributed by atoms with Gasteiger partial charge in [0.25, 0.3) is 0 Å². The molecule has 0 aliphatic heterocycles. The van der Waals surface area contributed by atoms with E-state index in [1.54, 1.807) is 0 Å². The number of aryl methyl sites for hydroxylation is 1. The maximum Gasteiger partial charge on any atom is 0.397 e. The monoisotopic (exact) mass is 166 g/mol. The van der Waals surface area contributed by atoms with Crippen LogP contribution in [0.15, 0.2) is 4.52 Å². The highest BCUT2D eigenvalue weighted by molar-refractivity contribution is 4.84. The highest BCUT2D eigenvalue weighted by Crippen LogP contribution is 2.19. The van der Waals surface area contributed by atoms with Gasteiger partial charge >= 0.3 is 6.18 Å². The molecule has 0 saturated carbocycles. The number of alkyl halides is 3. The molecule has 0 aliphatic rings. The fraction of sp³-hybridized carbons (Fsp3) is 0.600. The fourth-order valence-corrected chi connectivity index (χ4v) is 0.583. The fourth-order valence-electron chi connectivity index (χ4n) is 0.583. The predicted octanol–water partition coefficient (Wildman–Crippen LogP) is 1.48. The summed E-state index contributed by atoms with van der Waals surface area (Å²) in [6, 6.07) is 0. The first-order valence-electron chi connectivity index (χ1n) is 2.83. The molecule has 0 fully saturated rings. The summed E-state index contributed by atoms with van der Waals surface area (Å²) in [5.74, 6) is -0.181. The maximum absolute atomic E-state index is 11.6.